The van der Waals surface area contributed by atoms with Gasteiger partial charge in [-0.1, -0.05) is 56.9 Å². The fourth-order valence-electron chi connectivity index (χ4n) is 0.983. The van der Waals surface area contributed by atoms with E-state index in [0.29, 0.717) is 10.4 Å². The number of hydrogen-bond acceptors (Lipinski definition) is 1. The molecule has 1 unspecified atom stereocenters. The van der Waals surface area contributed by atoms with Gasteiger partial charge in [0.2, 0.25) is 0 Å². The van der Waals surface area contributed by atoms with E-state index in [9.17, 15) is 0 Å². The van der Waals surface area contributed by atoms with Gasteiger partial charge < -0.3 is 0 Å². The largest absolute Gasteiger partial charge is 0.0920 e. The molecule has 0 amide bonds. The molecule has 0 radical (unpaired) electrons. The molecule has 1 aromatic rings. The van der Waals surface area contributed by atoms with Crippen molar-refractivity contribution in [2.24, 2.45) is 5.11 Å². The summed E-state index contributed by atoms with van der Waals surface area (Å²) in [5, 5.41) is 4.92. The Labute approximate surface area is 102 Å². The Bertz CT molecular complexity index is 382. The van der Waals surface area contributed by atoms with E-state index in [2.05, 4.69) is 26.0 Å². The predicted octanol–water partition coefficient (Wildman–Crippen LogP) is 4.43. The topological polar surface area (TPSA) is 48.8 Å². The quantitative estimate of drug-likeness (QED) is 0.340. The first kappa shape index (κ1) is 12.1. The van der Waals surface area contributed by atoms with Crippen molar-refractivity contribution in [1.29, 1.82) is 0 Å². The summed E-state index contributed by atoms with van der Waals surface area (Å²) < 4.78 is 0. The van der Waals surface area contributed by atoms with Gasteiger partial charge in [0.25, 0.3) is 0 Å². The van der Waals surface area contributed by atoms with Crippen LogP contribution in [0.3, 0.4) is 0 Å². The van der Waals surface area contributed by atoms with E-state index in [1.54, 1.807) is 0 Å². The summed E-state index contributed by atoms with van der Waals surface area (Å²) in [7, 11) is 0. The van der Waals surface area contributed by atoms with Crippen molar-refractivity contribution >= 4 is 33.6 Å². The summed E-state index contributed by atoms with van der Waals surface area (Å²) in [6.45, 7) is 0. The van der Waals surface area contributed by atoms with Gasteiger partial charge in [0.15, 0.2) is 0 Å². The van der Waals surface area contributed by atoms with Crippen LogP contribution in [0, 0.1) is 0 Å². The van der Waals surface area contributed by atoms with Crippen molar-refractivity contribution in [1.82, 2.24) is 0 Å². The third-order valence-electron chi connectivity index (χ3n) is 1.74. The molecule has 0 saturated heterocycles. The van der Waals surface area contributed by atoms with Crippen molar-refractivity contribution in [3.63, 3.8) is 0 Å². The fourth-order valence-corrected chi connectivity index (χ4v) is 1.45. The highest BCUT2D eigenvalue weighted by molar-refractivity contribution is 9.09. The molecule has 0 aliphatic carbocycles. The van der Waals surface area contributed by atoms with Gasteiger partial charge in [0, 0.05) is 15.3 Å². The van der Waals surface area contributed by atoms with Crippen molar-refractivity contribution in [2.75, 3.05) is 5.33 Å². The number of halogens is 2. The monoisotopic (exact) mass is 285 g/mol. The molecule has 1 aromatic carbocycles. The van der Waals surface area contributed by atoms with Crippen LogP contribution in [0.15, 0.2) is 35.5 Å². The number of benzene rings is 1. The van der Waals surface area contributed by atoms with Crippen LogP contribution in [0.1, 0.15) is 5.56 Å². The lowest BCUT2D eigenvalue weighted by Crippen LogP contribution is -1.98. The maximum absolute atomic E-state index is 8.29. The van der Waals surface area contributed by atoms with Crippen LogP contribution < -0.4 is 0 Å². The predicted molar refractivity (Wildman–Crippen MR) is 67.2 cm³/mol. The van der Waals surface area contributed by atoms with Crippen LogP contribution in [-0.2, 0) is 0 Å². The average molecular weight is 287 g/mol. The van der Waals surface area contributed by atoms with Gasteiger partial charge in [-0.3, -0.25) is 0 Å². The van der Waals surface area contributed by atoms with Crippen LogP contribution in [-0.4, -0.2) is 11.4 Å². The van der Waals surface area contributed by atoms with Crippen LogP contribution in [0.2, 0.25) is 5.02 Å². The second-order valence-electron chi connectivity index (χ2n) is 2.84. The highest BCUT2D eigenvalue weighted by Gasteiger charge is 1.97. The standard InChI is InChI=1S/C10H9BrClN3/c11-7-10(14-15-13)6-3-8-1-4-9(12)5-2-8/h1-6,10H,7H2. The van der Waals surface area contributed by atoms with Crippen molar-refractivity contribution in [3.8, 4) is 0 Å². The van der Waals surface area contributed by atoms with E-state index < -0.39 is 0 Å². The molecule has 0 bridgehead atoms. The van der Waals surface area contributed by atoms with Crippen molar-refractivity contribution in [3.05, 3.63) is 51.4 Å². The van der Waals surface area contributed by atoms with Gasteiger partial charge in [-0.15, -0.1) is 0 Å². The van der Waals surface area contributed by atoms with Crippen LogP contribution in [0.5, 0.6) is 0 Å². The van der Waals surface area contributed by atoms with Gasteiger partial charge in [-0.05, 0) is 23.2 Å². The molecule has 0 spiro atoms. The van der Waals surface area contributed by atoms with E-state index in [0.717, 1.165) is 5.56 Å². The summed E-state index contributed by atoms with van der Waals surface area (Å²) in [6.07, 6.45) is 3.74. The first-order valence-corrected chi connectivity index (χ1v) is 5.80. The number of nitrogens with zero attached hydrogens (tertiary/aromatic N) is 3. The van der Waals surface area contributed by atoms with Gasteiger partial charge in [-0.2, -0.15) is 0 Å². The zero-order chi connectivity index (χ0) is 11.1. The van der Waals surface area contributed by atoms with E-state index in [1.165, 1.54) is 0 Å². The summed E-state index contributed by atoms with van der Waals surface area (Å²) in [5.74, 6) is 0. The Morgan fingerprint density at radius 2 is 2.13 bits per heavy atom. The van der Waals surface area contributed by atoms with Crippen LogP contribution in [0.25, 0.3) is 16.5 Å². The second-order valence-corrected chi connectivity index (χ2v) is 3.92. The lowest BCUT2D eigenvalue weighted by atomic mass is 10.2. The summed E-state index contributed by atoms with van der Waals surface area (Å²) in [6, 6.07) is 7.28. The molecule has 1 rings (SSSR count). The normalized spacial score (nSPS) is 12.4. The third-order valence-corrected chi connectivity index (χ3v) is 2.65. The Hall–Kier alpha value is -0.960. The first-order valence-electron chi connectivity index (χ1n) is 4.30. The minimum atomic E-state index is -0.161. The third kappa shape index (κ3) is 4.38. The fraction of sp³-hybridized carbons (Fsp3) is 0.200. The lowest BCUT2D eigenvalue weighted by Gasteiger charge is -1.98. The highest BCUT2D eigenvalue weighted by Crippen LogP contribution is 2.11. The molecule has 3 nitrogen and oxygen atoms in total. The van der Waals surface area contributed by atoms with Crippen molar-refractivity contribution in [2.45, 2.75) is 6.04 Å². The molecule has 1 atom stereocenters. The Kier molecular flexibility index (Phi) is 5.26. The number of azide groups is 1. The Morgan fingerprint density at radius 1 is 1.47 bits per heavy atom. The molecule has 5 heteroatoms. The zero-order valence-corrected chi connectivity index (χ0v) is 10.2. The number of rotatable bonds is 4. The smallest absolute Gasteiger partial charge is 0.0655 e. The molecule has 15 heavy (non-hydrogen) atoms. The van der Waals surface area contributed by atoms with E-state index >= 15 is 0 Å². The molecule has 0 aliphatic heterocycles. The van der Waals surface area contributed by atoms with E-state index in [-0.39, 0.29) is 6.04 Å². The second kappa shape index (κ2) is 6.51. The molecule has 0 aromatic heterocycles. The van der Waals surface area contributed by atoms with Crippen LogP contribution in [0.4, 0.5) is 0 Å². The van der Waals surface area contributed by atoms with Crippen molar-refractivity contribution < 1.29 is 0 Å². The molecule has 78 valence electrons. The minimum Gasteiger partial charge on any atom is -0.0920 e. The van der Waals surface area contributed by atoms with E-state index in [4.69, 9.17) is 17.1 Å². The molecular formula is C10H9BrClN3. The molecule has 0 aliphatic rings. The molecule has 0 fully saturated rings. The molecule has 0 N–H and O–H groups in total. The van der Waals surface area contributed by atoms with E-state index in [1.807, 2.05) is 36.4 Å². The van der Waals surface area contributed by atoms with Crippen LogP contribution >= 0.6 is 27.5 Å². The van der Waals surface area contributed by atoms with Gasteiger partial charge in [-0.25, -0.2) is 0 Å². The SMILES string of the molecule is [N-]=[N+]=NC(C=Cc1ccc(Cl)cc1)CBr. The summed E-state index contributed by atoms with van der Waals surface area (Å²) in [4.78, 5) is 2.76. The molecule has 0 heterocycles. The van der Waals surface area contributed by atoms with Gasteiger partial charge in [0.05, 0.1) is 6.04 Å². The maximum Gasteiger partial charge on any atom is 0.0655 e. The lowest BCUT2D eigenvalue weighted by molar-refractivity contribution is 0.936. The maximum atomic E-state index is 8.29. The average Bonchev–Trinajstić information content (AvgIpc) is 2.26. The highest BCUT2D eigenvalue weighted by atomic mass is 79.9. The Balaban J connectivity index is 2.71. The number of hydrogen-bond donors (Lipinski definition) is 0. The van der Waals surface area contributed by atoms with Gasteiger partial charge in [0.1, 0.15) is 0 Å². The minimum absolute atomic E-state index is 0.161. The van der Waals surface area contributed by atoms with Gasteiger partial charge >= 0.3 is 0 Å². The Morgan fingerprint density at radius 3 is 2.67 bits per heavy atom. The first-order chi connectivity index (χ1) is 7.26. The number of alkyl halides is 1. The summed E-state index contributed by atoms with van der Waals surface area (Å²) >= 11 is 9.02. The molecular weight excluding hydrogens is 277 g/mol. The molecule has 0 saturated carbocycles. The summed E-state index contributed by atoms with van der Waals surface area (Å²) in [5.41, 5.74) is 9.31. The zero-order valence-electron chi connectivity index (χ0n) is 7.85.